The normalized spacial score (nSPS) is 15.4. The van der Waals surface area contributed by atoms with Crippen molar-refractivity contribution in [2.75, 3.05) is 0 Å². The first-order valence-corrected chi connectivity index (χ1v) is 5.89. The smallest absolute Gasteiger partial charge is 0.146 e. The van der Waals surface area contributed by atoms with Crippen molar-refractivity contribution in [3.63, 3.8) is 0 Å². The van der Waals surface area contributed by atoms with Gasteiger partial charge in [-0.1, -0.05) is 31.2 Å². The van der Waals surface area contributed by atoms with E-state index in [9.17, 15) is 0 Å². The van der Waals surface area contributed by atoms with Crippen LogP contribution in [0.2, 0.25) is 0 Å². The van der Waals surface area contributed by atoms with Gasteiger partial charge in [0.05, 0.1) is 6.10 Å². The van der Waals surface area contributed by atoms with Gasteiger partial charge < -0.3 is 10.2 Å². The summed E-state index contributed by atoms with van der Waals surface area (Å²) < 4.78 is 5.45. The van der Waals surface area contributed by atoms with Crippen LogP contribution >= 0.6 is 0 Å². The molecule has 0 saturated heterocycles. The van der Waals surface area contributed by atoms with Crippen LogP contribution in [0.1, 0.15) is 43.5 Å². The quantitative estimate of drug-likeness (QED) is 0.762. The topological polar surface area (TPSA) is 35.2 Å². The Balaban J connectivity index is 3.02. The second-order valence-corrected chi connectivity index (χ2v) is 3.99. The van der Waals surface area contributed by atoms with Crippen LogP contribution in [0.4, 0.5) is 0 Å². The molecule has 0 aliphatic heterocycles. The summed E-state index contributed by atoms with van der Waals surface area (Å²) in [6, 6.07) is 8.41. The number of hydrogen-bond acceptors (Lipinski definition) is 2. The van der Waals surface area contributed by atoms with Crippen LogP contribution in [-0.2, 0) is 4.43 Å². The largest absolute Gasteiger partial charge is 0.421 e. The molecular weight excluding hydrogens is 190 g/mol. The molecule has 0 aromatic heterocycles. The highest BCUT2D eigenvalue weighted by atomic mass is 28.2. The first-order chi connectivity index (χ1) is 6.70. The van der Waals surface area contributed by atoms with E-state index in [-0.39, 0.29) is 12.1 Å². The van der Waals surface area contributed by atoms with Crippen molar-refractivity contribution in [1.29, 1.82) is 0 Å². The van der Waals surface area contributed by atoms with Crippen molar-refractivity contribution in [2.24, 2.45) is 5.73 Å². The second kappa shape index (κ2) is 5.29. The Morgan fingerprint density at radius 3 is 2.43 bits per heavy atom. The van der Waals surface area contributed by atoms with E-state index in [0.29, 0.717) is 0 Å². The molecular formula is C11H19NOSi. The van der Waals surface area contributed by atoms with E-state index in [0.717, 1.165) is 16.9 Å². The predicted octanol–water partition coefficient (Wildman–Crippen LogP) is 1.45. The monoisotopic (exact) mass is 209 g/mol. The molecule has 1 rings (SSSR count). The molecule has 2 unspecified atom stereocenters. The number of hydrogen-bond donors (Lipinski definition) is 1. The summed E-state index contributed by atoms with van der Waals surface area (Å²) in [5.41, 5.74) is 8.50. The van der Waals surface area contributed by atoms with E-state index in [2.05, 4.69) is 26.0 Å². The Labute approximate surface area is 89.0 Å². The molecule has 2 nitrogen and oxygen atoms in total. The maximum absolute atomic E-state index is 6.04. The summed E-state index contributed by atoms with van der Waals surface area (Å²) in [5, 5.41) is 0. The maximum atomic E-state index is 6.04. The Morgan fingerprint density at radius 2 is 1.93 bits per heavy atom. The van der Waals surface area contributed by atoms with Gasteiger partial charge in [0.15, 0.2) is 0 Å². The van der Waals surface area contributed by atoms with Crippen LogP contribution in [0.25, 0.3) is 0 Å². The van der Waals surface area contributed by atoms with Gasteiger partial charge >= 0.3 is 0 Å². The minimum Gasteiger partial charge on any atom is -0.421 e. The van der Waals surface area contributed by atoms with Crippen LogP contribution < -0.4 is 5.73 Å². The molecule has 0 spiro atoms. The van der Waals surface area contributed by atoms with E-state index in [1.165, 1.54) is 11.1 Å². The SMILES string of the molecule is CCC(N)c1ccccc1C(C)O[SiH3]. The highest BCUT2D eigenvalue weighted by Gasteiger charge is 2.12. The molecule has 0 radical (unpaired) electrons. The summed E-state index contributed by atoms with van der Waals surface area (Å²) in [6.07, 6.45) is 1.14. The first kappa shape index (κ1) is 11.4. The maximum Gasteiger partial charge on any atom is 0.146 e. The van der Waals surface area contributed by atoms with Crippen molar-refractivity contribution in [3.8, 4) is 0 Å². The van der Waals surface area contributed by atoms with Crippen LogP contribution in [0.3, 0.4) is 0 Å². The number of rotatable bonds is 4. The fraction of sp³-hybridized carbons (Fsp3) is 0.455. The lowest BCUT2D eigenvalue weighted by molar-refractivity contribution is 0.248. The van der Waals surface area contributed by atoms with Crippen molar-refractivity contribution >= 4 is 10.5 Å². The molecule has 1 aromatic rings. The summed E-state index contributed by atoms with van der Waals surface area (Å²) >= 11 is 0. The van der Waals surface area contributed by atoms with E-state index in [4.69, 9.17) is 10.2 Å². The van der Waals surface area contributed by atoms with E-state index < -0.39 is 0 Å². The van der Waals surface area contributed by atoms with Crippen molar-refractivity contribution in [3.05, 3.63) is 35.4 Å². The molecule has 78 valence electrons. The fourth-order valence-electron chi connectivity index (χ4n) is 1.57. The Morgan fingerprint density at radius 1 is 1.36 bits per heavy atom. The first-order valence-electron chi connectivity index (χ1n) is 5.07. The van der Waals surface area contributed by atoms with Crippen LogP contribution in [0, 0.1) is 0 Å². The summed E-state index contributed by atoms with van der Waals surface area (Å²) in [7, 11) is 0.762. The van der Waals surface area contributed by atoms with Gasteiger partial charge in [0.1, 0.15) is 10.5 Å². The highest BCUT2D eigenvalue weighted by molar-refractivity contribution is 5.98. The molecule has 14 heavy (non-hydrogen) atoms. The van der Waals surface area contributed by atoms with E-state index in [1.807, 2.05) is 12.1 Å². The van der Waals surface area contributed by atoms with Gasteiger partial charge in [0, 0.05) is 6.04 Å². The van der Waals surface area contributed by atoms with Crippen LogP contribution in [0.5, 0.6) is 0 Å². The molecule has 0 saturated carbocycles. The third-order valence-corrected chi connectivity index (χ3v) is 3.33. The van der Waals surface area contributed by atoms with Gasteiger partial charge in [-0.15, -0.1) is 0 Å². The Hall–Kier alpha value is -0.643. The lowest BCUT2D eigenvalue weighted by atomic mass is 9.96. The zero-order chi connectivity index (χ0) is 10.6. The van der Waals surface area contributed by atoms with E-state index >= 15 is 0 Å². The summed E-state index contributed by atoms with van der Waals surface area (Å²) in [6.45, 7) is 4.18. The molecule has 3 heteroatoms. The average molecular weight is 209 g/mol. The zero-order valence-corrected chi connectivity index (χ0v) is 11.2. The standard InChI is InChI=1S/C11H19NOSi/c1-3-11(12)10-7-5-4-6-9(10)8(2)13-14/h4-8,11H,3,12H2,1-2,14H3. The molecule has 1 aromatic carbocycles. The van der Waals surface area contributed by atoms with Gasteiger partial charge in [-0.2, -0.15) is 0 Å². The Kier molecular flexibility index (Phi) is 4.32. The summed E-state index contributed by atoms with van der Waals surface area (Å²) in [5.74, 6) is 0. The molecule has 0 aliphatic carbocycles. The third-order valence-electron chi connectivity index (χ3n) is 2.63. The van der Waals surface area contributed by atoms with Crippen molar-refractivity contribution < 1.29 is 4.43 Å². The summed E-state index contributed by atoms with van der Waals surface area (Å²) in [4.78, 5) is 0. The molecule has 0 aliphatic rings. The highest BCUT2D eigenvalue weighted by Crippen LogP contribution is 2.25. The van der Waals surface area contributed by atoms with Crippen LogP contribution in [-0.4, -0.2) is 10.5 Å². The fourth-order valence-corrected chi connectivity index (χ4v) is 1.82. The zero-order valence-electron chi connectivity index (χ0n) is 9.16. The molecule has 2 atom stereocenters. The van der Waals surface area contributed by atoms with Crippen molar-refractivity contribution in [1.82, 2.24) is 0 Å². The van der Waals surface area contributed by atoms with Crippen LogP contribution in [0.15, 0.2) is 24.3 Å². The van der Waals surface area contributed by atoms with Gasteiger partial charge in [-0.05, 0) is 24.5 Å². The van der Waals surface area contributed by atoms with Gasteiger partial charge in [0.25, 0.3) is 0 Å². The number of benzene rings is 1. The molecule has 0 bridgehead atoms. The second-order valence-electron chi connectivity index (χ2n) is 3.52. The van der Waals surface area contributed by atoms with Crippen molar-refractivity contribution in [2.45, 2.75) is 32.4 Å². The molecule has 0 fully saturated rings. The predicted molar refractivity (Wildman–Crippen MR) is 63.1 cm³/mol. The lowest BCUT2D eigenvalue weighted by Gasteiger charge is -2.19. The third kappa shape index (κ3) is 2.44. The average Bonchev–Trinajstić information content (AvgIpc) is 2.27. The van der Waals surface area contributed by atoms with Gasteiger partial charge in [0.2, 0.25) is 0 Å². The van der Waals surface area contributed by atoms with E-state index in [1.54, 1.807) is 0 Å². The Bertz CT molecular complexity index is 261. The number of nitrogens with two attached hydrogens (primary N) is 1. The lowest BCUT2D eigenvalue weighted by Crippen LogP contribution is -2.13. The minimum atomic E-state index is 0.130. The van der Waals surface area contributed by atoms with Gasteiger partial charge in [-0.25, -0.2) is 0 Å². The van der Waals surface area contributed by atoms with Gasteiger partial charge in [-0.3, -0.25) is 0 Å². The molecule has 2 N–H and O–H groups in total. The minimum absolute atomic E-state index is 0.130. The molecule has 0 amide bonds. The molecule has 0 heterocycles.